The lowest BCUT2D eigenvalue weighted by molar-refractivity contribution is 0.435. The lowest BCUT2D eigenvalue weighted by Crippen LogP contribution is -2.24. The summed E-state index contributed by atoms with van der Waals surface area (Å²) in [5.41, 5.74) is 0.475. The SMILES string of the molecule is CC1CCC(Nc2nccc(C#N)c2Cl)C1C. The molecular weight excluding hydrogens is 234 g/mol. The molecule has 1 N–H and O–H groups in total. The zero-order valence-corrected chi connectivity index (χ0v) is 10.8. The van der Waals surface area contributed by atoms with Gasteiger partial charge in [0, 0.05) is 12.2 Å². The predicted octanol–water partition coefficient (Wildman–Crippen LogP) is 3.45. The molecular formula is C13H16ClN3. The first-order valence-electron chi connectivity index (χ1n) is 5.94. The standard InChI is InChI=1S/C13H16ClN3/c1-8-3-4-11(9(8)2)17-13-12(14)10(7-15)5-6-16-13/h5-6,8-9,11H,3-4H2,1-2H3,(H,16,17). The number of anilines is 1. The van der Waals surface area contributed by atoms with Crippen LogP contribution in [0.4, 0.5) is 5.82 Å². The first kappa shape index (κ1) is 12.2. The average molecular weight is 250 g/mol. The maximum absolute atomic E-state index is 8.91. The van der Waals surface area contributed by atoms with Gasteiger partial charge in [-0.1, -0.05) is 25.4 Å². The zero-order chi connectivity index (χ0) is 12.4. The van der Waals surface area contributed by atoms with Crippen LogP contribution in [0.25, 0.3) is 0 Å². The Hall–Kier alpha value is -1.27. The molecule has 0 amide bonds. The molecule has 17 heavy (non-hydrogen) atoms. The normalized spacial score (nSPS) is 27.8. The van der Waals surface area contributed by atoms with Gasteiger partial charge in [-0.25, -0.2) is 4.98 Å². The number of halogens is 1. The van der Waals surface area contributed by atoms with E-state index < -0.39 is 0 Å². The fraction of sp³-hybridized carbons (Fsp3) is 0.538. The predicted molar refractivity (Wildman–Crippen MR) is 68.9 cm³/mol. The van der Waals surface area contributed by atoms with E-state index in [2.05, 4.69) is 30.2 Å². The van der Waals surface area contributed by atoms with E-state index in [0.29, 0.717) is 28.4 Å². The first-order valence-corrected chi connectivity index (χ1v) is 6.32. The zero-order valence-electron chi connectivity index (χ0n) is 10.1. The lowest BCUT2D eigenvalue weighted by Gasteiger charge is -2.20. The highest BCUT2D eigenvalue weighted by Gasteiger charge is 2.30. The summed E-state index contributed by atoms with van der Waals surface area (Å²) in [4.78, 5) is 4.22. The average Bonchev–Trinajstić information content (AvgIpc) is 2.64. The Kier molecular flexibility index (Phi) is 3.54. The van der Waals surface area contributed by atoms with E-state index in [1.807, 2.05) is 0 Å². The second kappa shape index (κ2) is 4.93. The van der Waals surface area contributed by atoms with Crippen molar-refractivity contribution in [3.63, 3.8) is 0 Å². The van der Waals surface area contributed by atoms with Crippen molar-refractivity contribution in [3.8, 4) is 6.07 Å². The third-order valence-corrected chi connectivity index (χ3v) is 4.18. The summed E-state index contributed by atoms with van der Waals surface area (Å²) >= 11 is 6.12. The van der Waals surface area contributed by atoms with E-state index in [0.717, 1.165) is 12.3 Å². The van der Waals surface area contributed by atoms with Crippen molar-refractivity contribution in [1.82, 2.24) is 4.98 Å². The molecule has 0 saturated heterocycles. The van der Waals surface area contributed by atoms with E-state index in [1.54, 1.807) is 12.3 Å². The number of pyridine rings is 1. The molecule has 90 valence electrons. The number of aromatic nitrogens is 1. The van der Waals surface area contributed by atoms with E-state index in [1.165, 1.54) is 6.42 Å². The largest absolute Gasteiger partial charge is 0.366 e. The summed E-state index contributed by atoms with van der Waals surface area (Å²) < 4.78 is 0. The summed E-state index contributed by atoms with van der Waals surface area (Å²) in [6.07, 6.45) is 3.99. The topological polar surface area (TPSA) is 48.7 Å². The Morgan fingerprint density at radius 2 is 2.24 bits per heavy atom. The molecule has 1 aliphatic carbocycles. The van der Waals surface area contributed by atoms with Gasteiger partial charge in [-0.15, -0.1) is 0 Å². The maximum atomic E-state index is 8.91. The van der Waals surface area contributed by atoms with Gasteiger partial charge < -0.3 is 5.32 Å². The number of hydrogen-bond acceptors (Lipinski definition) is 3. The molecule has 1 saturated carbocycles. The maximum Gasteiger partial charge on any atom is 0.146 e. The third-order valence-electron chi connectivity index (χ3n) is 3.80. The molecule has 0 aliphatic heterocycles. The summed E-state index contributed by atoms with van der Waals surface area (Å²) in [5, 5.41) is 12.7. The molecule has 0 radical (unpaired) electrons. The van der Waals surface area contributed by atoms with Gasteiger partial charge in [0.2, 0.25) is 0 Å². The van der Waals surface area contributed by atoms with Crippen LogP contribution in [-0.2, 0) is 0 Å². The van der Waals surface area contributed by atoms with E-state index in [9.17, 15) is 0 Å². The van der Waals surface area contributed by atoms with E-state index in [4.69, 9.17) is 16.9 Å². The van der Waals surface area contributed by atoms with Crippen LogP contribution in [0.15, 0.2) is 12.3 Å². The van der Waals surface area contributed by atoms with E-state index in [-0.39, 0.29) is 0 Å². The first-order chi connectivity index (χ1) is 8.13. The van der Waals surface area contributed by atoms with Crippen molar-refractivity contribution in [2.45, 2.75) is 32.7 Å². The number of rotatable bonds is 2. The highest BCUT2D eigenvalue weighted by atomic mass is 35.5. The minimum absolute atomic E-state index is 0.406. The van der Waals surface area contributed by atoms with Crippen LogP contribution in [0.3, 0.4) is 0 Å². The second-order valence-corrected chi connectivity index (χ2v) is 5.18. The minimum Gasteiger partial charge on any atom is -0.366 e. The summed E-state index contributed by atoms with van der Waals surface area (Å²) in [6, 6.07) is 4.11. The number of nitriles is 1. The van der Waals surface area contributed by atoms with Crippen molar-refractivity contribution in [3.05, 3.63) is 22.8 Å². The van der Waals surface area contributed by atoms with E-state index >= 15 is 0 Å². The van der Waals surface area contributed by atoms with Crippen LogP contribution < -0.4 is 5.32 Å². The Labute approximate surface area is 107 Å². The molecule has 0 spiro atoms. The van der Waals surface area contributed by atoms with Crippen molar-refractivity contribution in [2.75, 3.05) is 5.32 Å². The molecule has 1 fully saturated rings. The molecule has 0 aromatic carbocycles. The van der Waals surface area contributed by atoms with Crippen LogP contribution in [-0.4, -0.2) is 11.0 Å². The quantitative estimate of drug-likeness (QED) is 0.873. The summed E-state index contributed by atoms with van der Waals surface area (Å²) in [5.74, 6) is 1.97. The second-order valence-electron chi connectivity index (χ2n) is 4.80. The van der Waals surface area contributed by atoms with Crippen LogP contribution >= 0.6 is 11.6 Å². The Morgan fingerprint density at radius 1 is 1.47 bits per heavy atom. The van der Waals surface area contributed by atoms with Crippen LogP contribution in [0, 0.1) is 23.2 Å². The lowest BCUT2D eigenvalue weighted by atomic mass is 9.98. The molecule has 1 aromatic rings. The number of nitrogens with zero attached hydrogens (tertiary/aromatic N) is 2. The molecule has 1 aromatic heterocycles. The van der Waals surface area contributed by atoms with Gasteiger partial charge in [-0.05, 0) is 30.7 Å². The monoisotopic (exact) mass is 249 g/mol. The van der Waals surface area contributed by atoms with Crippen molar-refractivity contribution >= 4 is 17.4 Å². The summed E-state index contributed by atoms with van der Waals surface area (Å²) in [7, 11) is 0. The Balaban J connectivity index is 2.17. The molecule has 2 rings (SSSR count). The van der Waals surface area contributed by atoms with Gasteiger partial charge in [0.1, 0.15) is 16.9 Å². The Bertz CT molecular complexity index is 452. The third kappa shape index (κ3) is 2.37. The molecule has 4 heteroatoms. The highest BCUT2D eigenvalue weighted by molar-refractivity contribution is 6.34. The van der Waals surface area contributed by atoms with Gasteiger partial charge in [0.05, 0.1) is 5.56 Å². The Morgan fingerprint density at radius 3 is 2.82 bits per heavy atom. The van der Waals surface area contributed by atoms with Gasteiger partial charge in [-0.2, -0.15) is 5.26 Å². The van der Waals surface area contributed by atoms with Gasteiger partial charge >= 0.3 is 0 Å². The minimum atomic E-state index is 0.406. The van der Waals surface area contributed by atoms with Gasteiger partial charge in [0.25, 0.3) is 0 Å². The highest BCUT2D eigenvalue weighted by Crippen LogP contribution is 2.34. The molecule has 0 bridgehead atoms. The number of hydrogen-bond donors (Lipinski definition) is 1. The molecule has 1 aliphatic rings. The smallest absolute Gasteiger partial charge is 0.146 e. The molecule has 3 nitrogen and oxygen atoms in total. The fourth-order valence-electron chi connectivity index (χ4n) is 2.37. The van der Waals surface area contributed by atoms with Crippen LogP contribution in [0.5, 0.6) is 0 Å². The van der Waals surface area contributed by atoms with Crippen molar-refractivity contribution in [1.29, 1.82) is 5.26 Å². The molecule has 3 atom stereocenters. The van der Waals surface area contributed by atoms with Crippen molar-refractivity contribution in [2.24, 2.45) is 11.8 Å². The van der Waals surface area contributed by atoms with Crippen molar-refractivity contribution < 1.29 is 0 Å². The molecule has 1 heterocycles. The summed E-state index contributed by atoms with van der Waals surface area (Å²) in [6.45, 7) is 4.52. The molecule has 3 unspecified atom stereocenters. The number of nitrogens with one attached hydrogen (secondary N) is 1. The van der Waals surface area contributed by atoms with Crippen LogP contribution in [0.2, 0.25) is 5.02 Å². The fourth-order valence-corrected chi connectivity index (χ4v) is 2.58. The van der Waals surface area contributed by atoms with Crippen LogP contribution in [0.1, 0.15) is 32.3 Å². The van der Waals surface area contributed by atoms with Gasteiger partial charge in [0.15, 0.2) is 0 Å². The van der Waals surface area contributed by atoms with Gasteiger partial charge in [-0.3, -0.25) is 0 Å².